The van der Waals surface area contributed by atoms with Gasteiger partial charge in [-0.15, -0.1) is 0 Å². The van der Waals surface area contributed by atoms with Gasteiger partial charge >= 0.3 is 0 Å². The van der Waals surface area contributed by atoms with Crippen molar-refractivity contribution in [3.05, 3.63) is 59.1 Å². The molecule has 2 aromatic heterocycles. The maximum absolute atomic E-state index is 5.49. The van der Waals surface area contributed by atoms with Crippen LogP contribution in [0.5, 0.6) is 0 Å². The molecule has 160 valence electrons. The average molecular weight is 433 g/mol. The molecule has 1 fully saturated rings. The van der Waals surface area contributed by atoms with Gasteiger partial charge in [0.2, 0.25) is 0 Å². The second kappa shape index (κ2) is 8.40. The number of hydrogen-bond acceptors (Lipinski definition) is 5. The lowest BCUT2D eigenvalue weighted by atomic mass is 10.0. The summed E-state index contributed by atoms with van der Waals surface area (Å²) in [4.78, 5) is 17.5. The number of imidazole rings is 1. The predicted molar refractivity (Wildman–Crippen MR) is 129 cm³/mol. The van der Waals surface area contributed by atoms with E-state index in [1.807, 2.05) is 0 Å². The van der Waals surface area contributed by atoms with Gasteiger partial charge in [-0.2, -0.15) is 0 Å². The molecule has 0 aliphatic carbocycles. The van der Waals surface area contributed by atoms with Crippen molar-refractivity contribution < 1.29 is 0 Å². The van der Waals surface area contributed by atoms with Crippen LogP contribution in [0.2, 0.25) is 0 Å². The number of anilines is 1. The number of aromatic nitrogens is 4. The highest BCUT2D eigenvalue weighted by molar-refractivity contribution is 7.71. The van der Waals surface area contributed by atoms with Crippen LogP contribution < -0.4 is 4.90 Å². The Bertz CT molecular complexity index is 1250. The molecule has 3 heterocycles. The highest BCUT2D eigenvalue weighted by Crippen LogP contribution is 2.30. The van der Waals surface area contributed by atoms with Crippen LogP contribution in [-0.2, 0) is 13.1 Å². The Labute approximate surface area is 187 Å². The first-order valence-electron chi connectivity index (χ1n) is 11.0. The Morgan fingerprint density at radius 2 is 1.90 bits per heavy atom. The highest BCUT2D eigenvalue weighted by atomic mass is 32.1. The zero-order valence-electron chi connectivity index (χ0n) is 18.1. The first kappa shape index (κ1) is 20.2. The first-order chi connectivity index (χ1) is 15.1. The molecule has 1 saturated heterocycles. The van der Waals surface area contributed by atoms with Crippen molar-refractivity contribution in [2.45, 2.75) is 38.9 Å². The van der Waals surface area contributed by atoms with Crippen molar-refractivity contribution >= 4 is 40.0 Å². The van der Waals surface area contributed by atoms with E-state index in [1.165, 1.54) is 5.56 Å². The molecule has 0 saturated carbocycles. The number of hydrogen-bond donors (Lipinski definition) is 1. The summed E-state index contributed by atoms with van der Waals surface area (Å²) < 4.78 is 2.86. The number of rotatable bonds is 5. The van der Waals surface area contributed by atoms with Crippen LogP contribution >= 0.6 is 12.2 Å². The van der Waals surface area contributed by atoms with E-state index in [0.29, 0.717) is 6.04 Å². The third-order valence-electron chi connectivity index (χ3n) is 6.51. The standard InChI is InChI=1S/C24H28N6S/c1-3-30-22-14-20-19(13-21(22)27-24(30)31)23(26-16-25-20)28(2)18-9-11-29(12-10-18)15-17-7-5-4-6-8-17/h4-8,13-14,16,18H,3,9-12,15H2,1-2H3,(H,27,31). The monoisotopic (exact) mass is 432 g/mol. The fraction of sp³-hybridized carbons (Fsp3) is 0.375. The number of benzene rings is 2. The van der Waals surface area contributed by atoms with Crippen LogP contribution in [0.4, 0.5) is 5.82 Å². The Balaban J connectivity index is 1.38. The van der Waals surface area contributed by atoms with Crippen LogP contribution in [0, 0.1) is 4.77 Å². The number of fused-ring (bicyclic) bond motifs is 2. The first-order valence-corrected chi connectivity index (χ1v) is 11.4. The third kappa shape index (κ3) is 3.83. The molecule has 1 aliphatic heterocycles. The summed E-state index contributed by atoms with van der Waals surface area (Å²) in [6.45, 7) is 6.17. The van der Waals surface area contributed by atoms with Crippen molar-refractivity contribution in [3.63, 3.8) is 0 Å². The van der Waals surface area contributed by atoms with E-state index >= 15 is 0 Å². The number of H-pyrrole nitrogens is 1. The van der Waals surface area contributed by atoms with E-state index in [-0.39, 0.29) is 0 Å². The Morgan fingerprint density at radius 1 is 1.13 bits per heavy atom. The molecule has 0 atom stereocenters. The summed E-state index contributed by atoms with van der Waals surface area (Å²) in [5.41, 5.74) is 4.49. The molecule has 31 heavy (non-hydrogen) atoms. The molecule has 0 amide bonds. The smallest absolute Gasteiger partial charge is 0.178 e. The molecule has 0 radical (unpaired) electrons. The molecular formula is C24H28N6S. The van der Waals surface area contributed by atoms with E-state index in [0.717, 1.165) is 71.5 Å². The quantitative estimate of drug-likeness (QED) is 0.461. The van der Waals surface area contributed by atoms with Crippen molar-refractivity contribution in [3.8, 4) is 0 Å². The molecule has 0 spiro atoms. The number of aryl methyl sites for hydroxylation is 1. The summed E-state index contributed by atoms with van der Waals surface area (Å²) in [7, 11) is 2.17. The number of nitrogens with one attached hydrogen (secondary N) is 1. The Kier molecular flexibility index (Phi) is 5.46. The van der Waals surface area contributed by atoms with Gasteiger partial charge in [-0.1, -0.05) is 30.3 Å². The molecular weight excluding hydrogens is 404 g/mol. The van der Waals surface area contributed by atoms with Crippen LogP contribution in [0.25, 0.3) is 21.9 Å². The number of aromatic amines is 1. The van der Waals surface area contributed by atoms with Gasteiger partial charge in [0.15, 0.2) is 4.77 Å². The van der Waals surface area contributed by atoms with E-state index in [9.17, 15) is 0 Å². The summed E-state index contributed by atoms with van der Waals surface area (Å²) >= 11 is 5.49. The lowest BCUT2D eigenvalue weighted by Gasteiger charge is -2.37. The predicted octanol–water partition coefficient (Wildman–Crippen LogP) is 4.76. The SMILES string of the molecule is CCn1c(=S)[nH]c2cc3c(N(C)C4CCN(Cc5ccccc5)CC4)ncnc3cc21. The molecule has 1 aliphatic rings. The number of piperidine rings is 1. The lowest BCUT2D eigenvalue weighted by Crippen LogP contribution is -2.43. The second-order valence-corrected chi connectivity index (χ2v) is 8.75. The summed E-state index contributed by atoms with van der Waals surface area (Å²) in [6.07, 6.45) is 3.94. The van der Waals surface area contributed by atoms with E-state index in [1.54, 1.807) is 6.33 Å². The van der Waals surface area contributed by atoms with E-state index < -0.39 is 0 Å². The zero-order chi connectivity index (χ0) is 21.4. The number of nitrogens with zero attached hydrogens (tertiary/aromatic N) is 5. The number of likely N-dealkylation sites (tertiary alicyclic amines) is 1. The third-order valence-corrected chi connectivity index (χ3v) is 6.84. The fourth-order valence-electron chi connectivity index (χ4n) is 4.77. The Morgan fingerprint density at radius 3 is 2.65 bits per heavy atom. The van der Waals surface area contributed by atoms with Gasteiger partial charge in [0.1, 0.15) is 12.1 Å². The van der Waals surface area contributed by atoms with Crippen molar-refractivity contribution in [1.29, 1.82) is 0 Å². The molecule has 4 aromatic rings. The van der Waals surface area contributed by atoms with Gasteiger partial charge in [-0.3, -0.25) is 4.90 Å². The molecule has 0 bridgehead atoms. The van der Waals surface area contributed by atoms with Gasteiger partial charge in [0, 0.05) is 44.7 Å². The molecule has 1 N–H and O–H groups in total. The minimum atomic E-state index is 0.472. The van der Waals surface area contributed by atoms with Crippen LogP contribution in [0.3, 0.4) is 0 Å². The summed E-state index contributed by atoms with van der Waals surface area (Å²) in [6, 6.07) is 15.5. The van der Waals surface area contributed by atoms with Crippen molar-refractivity contribution in [2.75, 3.05) is 25.0 Å². The van der Waals surface area contributed by atoms with Crippen LogP contribution in [-0.4, -0.2) is 50.6 Å². The van der Waals surface area contributed by atoms with Gasteiger partial charge in [0.05, 0.1) is 16.6 Å². The topological polar surface area (TPSA) is 53.0 Å². The van der Waals surface area contributed by atoms with Crippen molar-refractivity contribution in [1.82, 2.24) is 24.4 Å². The molecule has 0 unspecified atom stereocenters. The minimum Gasteiger partial charge on any atom is -0.356 e. The highest BCUT2D eigenvalue weighted by Gasteiger charge is 2.24. The van der Waals surface area contributed by atoms with Gasteiger partial charge in [-0.05, 0) is 49.7 Å². The summed E-state index contributed by atoms with van der Waals surface area (Å²) in [5.74, 6) is 0.997. The average Bonchev–Trinajstić information content (AvgIpc) is 3.11. The maximum atomic E-state index is 5.49. The fourth-order valence-corrected chi connectivity index (χ4v) is 5.11. The largest absolute Gasteiger partial charge is 0.356 e. The molecule has 6 nitrogen and oxygen atoms in total. The van der Waals surface area contributed by atoms with E-state index in [2.05, 4.69) is 85.8 Å². The van der Waals surface area contributed by atoms with Gasteiger partial charge in [-0.25, -0.2) is 9.97 Å². The maximum Gasteiger partial charge on any atom is 0.178 e. The molecule has 5 rings (SSSR count). The van der Waals surface area contributed by atoms with Gasteiger partial charge < -0.3 is 14.5 Å². The van der Waals surface area contributed by atoms with Crippen molar-refractivity contribution in [2.24, 2.45) is 0 Å². The van der Waals surface area contributed by atoms with E-state index in [4.69, 9.17) is 12.2 Å². The zero-order valence-corrected chi connectivity index (χ0v) is 18.9. The van der Waals surface area contributed by atoms with Crippen LogP contribution in [0.1, 0.15) is 25.3 Å². The Hall–Kier alpha value is -2.77. The van der Waals surface area contributed by atoms with Gasteiger partial charge in [0.25, 0.3) is 0 Å². The molecule has 7 heteroatoms. The van der Waals surface area contributed by atoms with Crippen LogP contribution in [0.15, 0.2) is 48.8 Å². The molecule has 2 aromatic carbocycles. The minimum absolute atomic E-state index is 0.472. The normalized spacial score (nSPS) is 15.7. The second-order valence-electron chi connectivity index (χ2n) is 8.36. The lowest BCUT2D eigenvalue weighted by molar-refractivity contribution is 0.203. The summed E-state index contributed by atoms with van der Waals surface area (Å²) in [5, 5.41) is 1.07.